The van der Waals surface area contributed by atoms with Crippen molar-refractivity contribution >= 4 is 22.1 Å². The van der Waals surface area contributed by atoms with Gasteiger partial charge in [-0.25, -0.2) is 0 Å². The van der Waals surface area contributed by atoms with Crippen LogP contribution < -0.4 is 4.90 Å². The number of hydrogen-bond acceptors (Lipinski definition) is 3. The fourth-order valence-electron chi connectivity index (χ4n) is 3.37. The summed E-state index contributed by atoms with van der Waals surface area (Å²) in [5, 5.41) is 10.0. The summed E-state index contributed by atoms with van der Waals surface area (Å²) in [7, 11) is 0. The van der Waals surface area contributed by atoms with Gasteiger partial charge in [-0.1, -0.05) is 46.3 Å². The van der Waals surface area contributed by atoms with E-state index in [0.717, 1.165) is 36.3 Å². The molecule has 0 aliphatic carbocycles. The lowest BCUT2D eigenvalue weighted by Crippen LogP contribution is -3.15. The molecule has 2 N–H and O–H groups in total. The van der Waals surface area contributed by atoms with Crippen molar-refractivity contribution in [3.63, 3.8) is 0 Å². The third-order valence-corrected chi connectivity index (χ3v) is 5.15. The summed E-state index contributed by atoms with van der Waals surface area (Å²) in [5.74, 6) is 0.245. The molecule has 0 spiro atoms. The zero-order chi connectivity index (χ0) is 17.6. The van der Waals surface area contributed by atoms with Crippen LogP contribution in [0.25, 0.3) is 0 Å². The second kappa shape index (κ2) is 8.61. The molecule has 1 aliphatic heterocycles. The van der Waals surface area contributed by atoms with Crippen LogP contribution in [0.3, 0.4) is 0 Å². The number of benzene rings is 2. The first kappa shape index (κ1) is 18.1. The highest BCUT2D eigenvalue weighted by Gasteiger charge is 2.30. The molecule has 1 saturated heterocycles. The Morgan fingerprint density at radius 2 is 1.88 bits per heavy atom. The molecule has 1 aliphatic rings. The normalized spacial score (nSPS) is 18.3. The van der Waals surface area contributed by atoms with E-state index in [1.54, 1.807) is 12.3 Å². The Morgan fingerprint density at radius 1 is 1.16 bits per heavy atom. The molecule has 0 unspecified atom stereocenters. The topological polar surface area (TPSA) is 46.3 Å². The van der Waals surface area contributed by atoms with E-state index in [9.17, 15) is 5.11 Å². The lowest BCUT2D eigenvalue weighted by molar-refractivity contribution is -0.940. The zero-order valence-corrected chi connectivity index (χ0v) is 15.9. The fourth-order valence-corrected chi connectivity index (χ4v) is 3.75. The van der Waals surface area contributed by atoms with Gasteiger partial charge in [0.25, 0.3) is 0 Å². The quantitative estimate of drug-likeness (QED) is 0.753. The van der Waals surface area contributed by atoms with E-state index in [1.807, 2.05) is 18.2 Å². The molecule has 132 valence electrons. The molecule has 4 nitrogen and oxygen atoms in total. The predicted octanol–water partition coefficient (Wildman–Crippen LogP) is 2.62. The zero-order valence-electron chi connectivity index (χ0n) is 14.4. The molecule has 2 aromatic carbocycles. The molecule has 1 fully saturated rings. The van der Waals surface area contributed by atoms with E-state index in [2.05, 4.69) is 47.1 Å². The number of halogens is 1. The summed E-state index contributed by atoms with van der Waals surface area (Å²) in [4.78, 5) is 6.28. The standard InChI is InChI=1S/C20H23BrN2O2/c1-15(22-14-17-13-18(21)7-8-19(17)24)20(16-5-3-2-4-6-16)23-9-11-25-12-10-23/h2-8,13-15,20,24H,9-12H2,1H3/p+1/t15-,20-/m0/s1. The monoisotopic (exact) mass is 403 g/mol. The number of hydrogen-bond donors (Lipinski definition) is 2. The summed E-state index contributed by atoms with van der Waals surface area (Å²) in [6.07, 6.45) is 1.78. The molecular weight excluding hydrogens is 380 g/mol. The first-order chi connectivity index (χ1) is 12.1. The number of ether oxygens (including phenoxy) is 1. The highest BCUT2D eigenvalue weighted by atomic mass is 79.9. The number of quaternary nitrogens is 1. The molecule has 0 bridgehead atoms. The van der Waals surface area contributed by atoms with Crippen LogP contribution in [0.2, 0.25) is 0 Å². The van der Waals surface area contributed by atoms with Crippen LogP contribution in [0.1, 0.15) is 24.1 Å². The van der Waals surface area contributed by atoms with Crippen molar-refractivity contribution in [2.75, 3.05) is 26.3 Å². The van der Waals surface area contributed by atoms with Gasteiger partial charge in [-0.15, -0.1) is 0 Å². The van der Waals surface area contributed by atoms with Gasteiger partial charge in [-0.05, 0) is 25.1 Å². The SMILES string of the molecule is C[C@H](N=Cc1cc(Br)ccc1O)[C@@H](c1ccccc1)[NH+]1CCOCC1. The Labute approximate surface area is 157 Å². The van der Waals surface area contributed by atoms with Crippen LogP contribution in [0.4, 0.5) is 0 Å². The van der Waals surface area contributed by atoms with Gasteiger partial charge in [-0.2, -0.15) is 0 Å². The Bertz CT molecular complexity index is 715. The lowest BCUT2D eigenvalue weighted by atomic mass is 9.98. The average Bonchev–Trinajstić information content (AvgIpc) is 2.64. The van der Waals surface area contributed by atoms with Crippen molar-refractivity contribution in [3.05, 3.63) is 64.1 Å². The Balaban J connectivity index is 1.84. The van der Waals surface area contributed by atoms with Gasteiger partial charge in [0.05, 0.1) is 13.2 Å². The number of rotatable bonds is 5. The van der Waals surface area contributed by atoms with E-state index < -0.39 is 0 Å². The van der Waals surface area contributed by atoms with Crippen molar-refractivity contribution < 1.29 is 14.7 Å². The maximum absolute atomic E-state index is 10.0. The molecule has 2 aromatic rings. The molecule has 5 heteroatoms. The maximum atomic E-state index is 10.0. The van der Waals surface area contributed by atoms with Crippen molar-refractivity contribution in [2.24, 2.45) is 4.99 Å². The smallest absolute Gasteiger partial charge is 0.136 e. The second-order valence-electron chi connectivity index (χ2n) is 6.38. The molecular formula is C20H24BrN2O2+. The summed E-state index contributed by atoms with van der Waals surface area (Å²) < 4.78 is 6.45. The highest BCUT2D eigenvalue weighted by molar-refractivity contribution is 9.10. The van der Waals surface area contributed by atoms with Crippen LogP contribution in [-0.2, 0) is 4.74 Å². The van der Waals surface area contributed by atoms with Gasteiger partial charge in [-0.3, -0.25) is 4.99 Å². The second-order valence-corrected chi connectivity index (χ2v) is 7.30. The Kier molecular flexibility index (Phi) is 6.24. The van der Waals surface area contributed by atoms with Crippen molar-refractivity contribution in [1.29, 1.82) is 0 Å². The number of aliphatic imine (C=N–C) groups is 1. The average molecular weight is 404 g/mol. The van der Waals surface area contributed by atoms with E-state index in [0.29, 0.717) is 0 Å². The van der Waals surface area contributed by atoms with E-state index in [1.165, 1.54) is 10.5 Å². The third kappa shape index (κ3) is 4.69. The minimum absolute atomic E-state index is 0.0916. The summed E-state index contributed by atoms with van der Waals surface area (Å²) in [6.45, 7) is 5.71. The van der Waals surface area contributed by atoms with Crippen molar-refractivity contribution in [1.82, 2.24) is 0 Å². The fraction of sp³-hybridized carbons (Fsp3) is 0.350. The van der Waals surface area contributed by atoms with Crippen LogP contribution in [0, 0.1) is 0 Å². The lowest BCUT2D eigenvalue weighted by Gasteiger charge is -2.33. The van der Waals surface area contributed by atoms with Crippen LogP contribution in [0.15, 0.2) is 58.0 Å². The number of phenols is 1. The van der Waals surface area contributed by atoms with E-state index in [4.69, 9.17) is 9.73 Å². The van der Waals surface area contributed by atoms with Gasteiger partial charge < -0.3 is 14.7 Å². The van der Waals surface area contributed by atoms with Crippen LogP contribution in [-0.4, -0.2) is 43.7 Å². The van der Waals surface area contributed by atoms with Gasteiger partial charge in [0.15, 0.2) is 0 Å². The number of aromatic hydroxyl groups is 1. The first-order valence-corrected chi connectivity index (χ1v) is 9.43. The molecule has 0 amide bonds. The Hall–Kier alpha value is -1.69. The predicted molar refractivity (Wildman–Crippen MR) is 104 cm³/mol. The van der Waals surface area contributed by atoms with E-state index >= 15 is 0 Å². The number of nitrogens with zero attached hydrogens (tertiary/aromatic N) is 1. The molecule has 0 saturated carbocycles. The van der Waals surface area contributed by atoms with Crippen LogP contribution in [0.5, 0.6) is 5.75 Å². The Morgan fingerprint density at radius 3 is 2.60 bits per heavy atom. The molecule has 1 heterocycles. The number of morpholine rings is 1. The van der Waals surface area contributed by atoms with Gasteiger partial charge in [0, 0.05) is 21.8 Å². The number of phenolic OH excluding ortho intramolecular Hbond substituents is 1. The van der Waals surface area contributed by atoms with Gasteiger partial charge in [0.2, 0.25) is 0 Å². The largest absolute Gasteiger partial charge is 0.507 e. The van der Waals surface area contributed by atoms with E-state index in [-0.39, 0.29) is 17.8 Å². The molecule has 0 radical (unpaired) electrons. The minimum Gasteiger partial charge on any atom is -0.507 e. The third-order valence-electron chi connectivity index (χ3n) is 4.65. The summed E-state index contributed by atoms with van der Waals surface area (Å²) in [6, 6.07) is 16.3. The molecule has 3 rings (SSSR count). The van der Waals surface area contributed by atoms with Gasteiger partial charge >= 0.3 is 0 Å². The molecule has 0 aromatic heterocycles. The summed E-state index contributed by atoms with van der Waals surface area (Å²) >= 11 is 3.44. The molecule has 25 heavy (non-hydrogen) atoms. The summed E-state index contributed by atoms with van der Waals surface area (Å²) in [5.41, 5.74) is 2.02. The van der Waals surface area contributed by atoms with Crippen molar-refractivity contribution in [3.8, 4) is 5.75 Å². The maximum Gasteiger partial charge on any atom is 0.136 e. The van der Waals surface area contributed by atoms with Crippen molar-refractivity contribution in [2.45, 2.75) is 19.0 Å². The van der Waals surface area contributed by atoms with Gasteiger partial charge in [0.1, 0.15) is 30.9 Å². The number of nitrogens with one attached hydrogen (secondary N) is 1. The highest BCUT2D eigenvalue weighted by Crippen LogP contribution is 2.21. The first-order valence-electron chi connectivity index (χ1n) is 8.64. The molecule has 2 atom stereocenters. The minimum atomic E-state index is 0.0916. The van der Waals surface area contributed by atoms with Crippen LogP contribution >= 0.6 is 15.9 Å².